The van der Waals surface area contributed by atoms with Gasteiger partial charge < -0.3 is 10.2 Å². The van der Waals surface area contributed by atoms with Gasteiger partial charge in [0, 0.05) is 6.61 Å². The first-order chi connectivity index (χ1) is 15.4. The van der Waals surface area contributed by atoms with E-state index in [4.69, 9.17) is 10.2 Å². The summed E-state index contributed by atoms with van der Waals surface area (Å²) in [5.41, 5.74) is 5.32. The standard InChI is InChI=1S/2C10H18O.C10H16O/c1-8(2)9-4-5-10(9,3)6-7-11;2*1-10(2)6-3-4-9(8-10)5-7-11/h9,11H,1,4-7H2,2-3H3;5,11H,3-4,6-8H2,1-2H3;5,7H,3-4,6,8H2,1-2H3/b;9-5-;/t9-,10+;;/m0../s1. The Bertz CT molecular complexity index is 683. The molecule has 0 unspecified atom stereocenters. The molecular weight excluding hydrogens is 408 g/mol. The smallest absolute Gasteiger partial charge is 0.142 e. The zero-order chi connectivity index (χ0) is 25.1. The molecule has 190 valence electrons. The monoisotopic (exact) mass is 460 g/mol. The summed E-state index contributed by atoms with van der Waals surface area (Å²) in [5.74, 6) is 0.662. The summed E-state index contributed by atoms with van der Waals surface area (Å²) >= 11 is 0. The lowest BCUT2D eigenvalue weighted by atomic mass is 9.57. The molecule has 0 radical (unpaired) electrons. The minimum Gasteiger partial charge on any atom is -0.396 e. The summed E-state index contributed by atoms with van der Waals surface area (Å²) in [5, 5.41) is 17.5. The summed E-state index contributed by atoms with van der Waals surface area (Å²) in [6.45, 7) is 18.0. The third kappa shape index (κ3) is 10.7. The molecule has 0 bridgehead atoms. The van der Waals surface area contributed by atoms with E-state index in [0.29, 0.717) is 28.8 Å². The van der Waals surface area contributed by atoms with Crippen LogP contribution in [-0.4, -0.2) is 29.7 Å². The Balaban J connectivity index is 0.000000247. The molecule has 0 aliphatic heterocycles. The molecule has 0 spiro atoms. The van der Waals surface area contributed by atoms with E-state index in [0.717, 1.165) is 25.5 Å². The third-order valence-corrected chi connectivity index (χ3v) is 7.92. The van der Waals surface area contributed by atoms with Gasteiger partial charge >= 0.3 is 0 Å². The number of hydrogen-bond donors (Lipinski definition) is 2. The van der Waals surface area contributed by atoms with Gasteiger partial charge in [0.1, 0.15) is 6.29 Å². The SMILES string of the molecule is C=C(C)[C@@H]1CC[C@]1(C)CCO.CC1(C)CCC/C(=C/CO)C1.CC1(C)CCCC(=CC=O)C1. The molecule has 0 aromatic carbocycles. The van der Waals surface area contributed by atoms with Crippen LogP contribution in [-0.2, 0) is 4.79 Å². The Morgan fingerprint density at radius 2 is 1.52 bits per heavy atom. The summed E-state index contributed by atoms with van der Waals surface area (Å²) in [6.07, 6.45) is 17.8. The van der Waals surface area contributed by atoms with Crippen LogP contribution < -0.4 is 0 Å². The molecule has 0 heterocycles. The predicted octanol–water partition coefficient (Wildman–Crippen LogP) is 7.58. The van der Waals surface area contributed by atoms with Gasteiger partial charge in [-0.25, -0.2) is 0 Å². The van der Waals surface area contributed by atoms with E-state index in [1.54, 1.807) is 6.08 Å². The Kier molecular flexibility index (Phi) is 12.3. The van der Waals surface area contributed by atoms with Crippen molar-refractivity contribution < 1.29 is 15.0 Å². The van der Waals surface area contributed by atoms with Crippen LogP contribution in [0.1, 0.15) is 112 Å². The van der Waals surface area contributed by atoms with Crippen molar-refractivity contribution in [3.05, 3.63) is 35.5 Å². The molecule has 0 aromatic rings. The van der Waals surface area contributed by atoms with Gasteiger partial charge in [-0.1, -0.05) is 64.0 Å². The van der Waals surface area contributed by atoms with Gasteiger partial charge in [-0.05, 0) is 106 Å². The summed E-state index contributed by atoms with van der Waals surface area (Å²) in [6, 6.07) is 0. The van der Waals surface area contributed by atoms with Crippen molar-refractivity contribution in [2.75, 3.05) is 13.2 Å². The maximum absolute atomic E-state index is 10.2. The fraction of sp³-hybridized carbons (Fsp3) is 0.767. The van der Waals surface area contributed by atoms with Gasteiger partial charge in [0.2, 0.25) is 0 Å². The fourth-order valence-electron chi connectivity index (χ4n) is 5.89. The number of carbonyl (C=O) groups is 1. The number of rotatable bonds is 5. The van der Waals surface area contributed by atoms with Crippen molar-refractivity contribution in [2.45, 2.75) is 112 Å². The van der Waals surface area contributed by atoms with Crippen LogP contribution in [0.5, 0.6) is 0 Å². The van der Waals surface area contributed by atoms with Gasteiger partial charge in [-0.3, -0.25) is 4.79 Å². The number of hydrogen-bond acceptors (Lipinski definition) is 3. The van der Waals surface area contributed by atoms with Crippen LogP contribution in [0.25, 0.3) is 0 Å². The van der Waals surface area contributed by atoms with Gasteiger partial charge in [-0.2, -0.15) is 0 Å². The zero-order valence-electron chi connectivity index (χ0n) is 22.5. The molecule has 3 saturated carbocycles. The van der Waals surface area contributed by atoms with E-state index in [2.05, 4.69) is 48.1 Å². The maximum Gasteiger partial charge on any atom is 0.142 e. The summed E-state index contributed by atoms with van der Waals surface area (Å²) in [7, 11) is 0. The van der Waals surface area contributed by atoms with E-state index in [9.17, 15) is 4.79 Å². The minimum atomic E-state index is 0.214. The van der Waals surface area contributed by atoms with Gasteiger partial charge in [0.25, 0.3) is 0 Å². The van der Waals surface area contributed by atoms with E-state index in [-0.39, 0.29) is 6.61 Å². The highest BCUT2D eigenvalue weighted by Gasteiger charge is 2.41. The number of aliphatic hydroxyl groups is 2. The van der Waals surface area contributed by atoms with E-state index in [1.807, 2.05) is 6.08 Å². The molecule has 2 atom stereocenters. The second kappa shape index (κ2) is 13.6. The van der Waals surface area contributed by atoms with E-state index >= 15 is 0 Å². The van der Waals surface area contributed by atoms with Crippen LogP contribution >= 0.6 is 0 Å². The lowest BCUT2D eigenvalue weighted by Crippen LogP contribution is -2.38. The second-order valence-corrected chi connectivity index (χ2v) is 12.5. The Morgan fingerprint density at radius 1 is 0.970 bits per heavy atom. The Labute approximate surface area is 204 Å². The fourth-order valence-corrected chi connectivity index (χ4v) is 5.89. The third-order valence-electron chi connectivity index (χ3n) is 7.92. The van der Waals surface area contributed by atoms with Gasteiger partial charge in [0.15, 0.2) is 0 Å². The highest BCUT2D eigenvalue weighted by molar-refractivity contribution is 5.66. The van der Waals surface area contributed by atoms with Crippen molar-refractivity contribution in [1.29, 1.82) is 0 Å². The summed E-state index contributed by atoms with van der Waals surface area (Å²) < 4.78 is 0. The number of aliphatic hydroxyl groups excluding tert-OH is 2. The average molecular weight is 461 g/mol. The molecule has 3 nitrogen and oxygen atoms in total. The molecule has 3 aliphatic carbocycles. The van der Waals surface area contributed by atoms with Crippen molar-refractivity contribution in [2.24, 2.45) is 22.2 Å². The molecule has 0 amide bonds. The highest BCUT2D eigenvalue weighted by atomic mass is 16.3. The second-order valence-electron chi connectivity index (χ2n) is 12.5. The zero-order valence-corrected chi connectivity index (χ0v) is 22.5. The van der Waals surface area contributed by atoms with Gasteiger partial charge in [-0.15, -0.1) is 0 Å². The normalized spacial score (nSPS) is 30.2. The van der Waals surface area contributed by atoms with E-state index in [1.165, 1.54) is 68.1 Å². The lowest BCUT2D eigenvalue weighted by Gasteiger charge is -2.47. The predicted molar refractivity (Wildman–Crippen MR) is 141 cm³/mol. The molecule has 3 heteroatoms. The highest BCUT2D eigenvalue weighted by Crippen LogP contribution is 2.51. The molecule has 3 fully saturated rings. The van der Waals surface area contributed by atoms with Gasteiger partial charge in [0.05, 0.1) is 6.61 Å². The Morgan fingerprint density at radius 3 is 1.91 bits per heavy atom. The quantitative estimate of drug-likeness (QED) is 0.252. The molecule has 3 aliphatic rings. The van der Waals surface area contributed by atoms with Crippen LogP contribution in [0.2, 0.25) is 0 Å². The van der Waals surface area contributed by atoms with Crippen LogP contribution in [0.4, 0.5) is 0 Å². The number of allylic oxidation sites excluding steroid dienone is 4. The van der Waals surface area contributed by atoms with E-state index < -0.39 is 0 Å². The molecular formula is C30H52O3. The molecule has 33 heavy (non-hydrogen) atoms. The Hall–Kier alpha value is -1.19. The van der Waals surface area contributed by atoms with Crippen LogP contribution in [0.3, 0.4) is 0 Å². The maximum atomic E-state index is 10.2. The molecule has 2 N–H and O–H groups in total. The largest absolute Gasteiger partial charge is 0.396 e. The summed E-state index contributed by atoms with van der Waals surface area (Å²) in [4.78, 5) is 10.2. The van der Waals surface area contributed by atoms with Crippen molar-refractivity contribution in [1.82, 2.24) is 0 Å². The lowest BCUT2D eigenvalue weighted by molar-refractivity contribution is -0.104. The first-order valence-corrected chi connectivity index (χ1v) is 13.1. The number of aldehydes is 1. The number of carbonyl (C=O) groups excluding carboxylic acids is 1. The van der Waals surface area contributed by atoms with Crippen molar-refractivity contribution in [3.8, 4) is 0 Å². The molecule has 0 aromatic heterocycles. The van der Waals surface area contributed by atoms with Crippen LogP contribution in [0.15, 0.2) is 35.5 Å². The first kappa shape index (κ1) is 29.8. The van der Waals surface area contributed by atoms with Crippen LogP contribution in [0, 0.1) is 22.2 Å². The molecule has 3 rings (SSSR count). The average Bonchev–Trinajstić information content (AvgIpc) is 2.67. The minimum absolute atomic E-state index is 0.214. The molecule has 0 saturated heterocycles. The first-order valence-electron chi connectivity index (χ1n) is 13.1. The topological polar surface area (TPSA) is 57.5 Å². The van der Waals surface area contributed by atoms with Crippen molar-refractivity contribution in [3.63, 3.8) is 0 Å². The van der Waals surface area contributed by atoms with Crippen molar-refractivity contribution >= 4 is 6.29 Å².